The predicted octanol–water partition coefficient (Wildman–Crippen LogP) is 0.369. The second-order valence-corrected chi connectivity index (χ2v) is 3.35. The van der Waals surface area contributed by atoms with Gasteiger partial charge in [0.15, 0.2) is 0 Å². The summed E-state index contributed by atoms with van der Waals surface area (Å²) in [6.07, 6.45) is 0. The Hall–Kier alpha value is -3.04. The highest BCUT2D eigenvalue weighted by molar-refractivity contribution is 6.05. The number of non-ortho nitro benzene ring substituents is 1. The number of H-pyrrole nitrogens is 1. The Morgan fingerprint density at radius 2 is 2.32 bits per heavy atom. The number of nitrogens with zero attached hydrogens (tertiary/aromatic N) is 4. The highest BCUT2D eigenvalue weighted by atomic mass is 16.6. The third-order valence-electron chi connectivity index (χ3n) is 2.22. The highest BCUT2D eigenvalue weighted by Gasteiger charge is 2.17. The molecule has 98 valence electrons. The van der Waals surface area contributed by atoms with Gasteiger partial charge in [-0.25, -0.2) is 5.10 Å². The lowest BCUT2D eigenvalue weighted by Crippen LogP contribution is -2.14. The van der Waals surface area contributed by atoms with Gasteiger partial charge in [-0.1, -0.05) is 5.10 Å². The van der Waals surface area contributed by atoms with E-state index in [1.54, 1.807) is 0 Å². The van der Waals surface area contributed by atoms with Gasteiger partial charge in [0.05, 0.1) is 23.7 Å². The standard InChI is InChI=1S/C9H8N6O4/c1-19-7-4-5(15(17)18)2-3-6(7)8(16)10-9-11-13-14-12-9/h2-4H,1H3,(H2,10,11,12,13,14,16). The van der Waals surface area contributed by atoms with E-state index in [9.17, 15) is 14.9 Å². The fourth-order valence-electron chi connectivity index (χ4n) is 1.37. The van der Waals surface area contributed by atoms with E-state index in [4.69, 9.17) is 4.74 Å². The van der Waals surface area contributed by atoms with Crippen LogP contribution in [-0.2, 0) is 0 Å². The Morgan fingerprint density at radius 3 is 2.89 bits per heavy atom. The number of anilines is 1. The number of hydrogen-bond acceptors (Lipinski definition) is 7. The van der Waals surface area contributed by atoms with Crippen LogP contribution in [0.1, 0.15) is 10.4 Å². The average Bonchev–Trinajstić information content (AvgIpc) is 2.90. The second kappa shape index (κ2) is 5.08. The Balaban J connectivity index is 2.28. The molecule has 1 aromatic heterocycles. The molecule has 0 aliphatic carbocycles. The van der Waals surface area contributed by atoms with E-state index in [0.717, 1.165) is 6.07 Å². The molecule has 0 fully saturated rings. The van der Waals surface area contributed by atoms with Crippen LogP contribution in [-0.4, -0.2) is 38.6 Å². The summed E-state index contributed by atoms with van der Waals surface area (Å²) >= 11 is 0. The number of hydrogen-bond donors (Lipinski definition) is 2. The van der Waals surface area contributed by atoms with Crippen LogP contribution in [0.2, 0.25) is 0 Å². The normalized spacial score (nSPS) is 9.95. The van der Waals surface area contributed by atoms with Gasteiger partial charge in [0.2, 0.25) is 5.95 Å². The van der Waals surface area contributed by atoms with Crippen molar-refractivity contribution in [3.63, 3.8) is 0 Å². The van der Waals surface area contributed by atoms with Gasteiger partial charge in [-0.2, -0.15) is 0 Å². The summed E-state index contributed by atoms with van der Waals surface area (Å²) in [4.78, 5) is 21.9. The Bertz CT molecular complexity index is 611. The summed E-state index contributed by atoms with van der Waals surface area (Å²) in [5.41, 5.74) is -0.0424. The van der Waals surface area contributed by atoms with Gasteiger partial charge in [-0.05, 0) is 16.5 Å². The van der Waals surface area contributed by atoms with Crippen molar-refractivity contribution in [2.75, 3.05) is 12.4 Å². The number of nitro benzene ring substituents is 1. The maximum absolute atomic E-state index is 11.9. The molecule has 10 heteroatoms. The number of aromatic nitrogens is 4. The molecule has 0 aliphatic heterocycles. The van der Waals surface area contributed by atoms with Crippen molar-refractivity contribution >= 4 is 17.5 Å². The van der Waals surface area contributed by atoms with Crippen LogP contribution in [0, 0.1) is 10.1 Å². The van der Waals surface area contributed by atoms with Crippen LogP contribution in [0.25, 0.3) is 0 Å². The molecular weight excluding hydrogens is 256 g/mol. The molecule has 0 spiro atoms. The zero-order chi connectivity index (χ0) is 13.8. The first-order valence-corrected chi connectivity index (χ1v) is 4.99. The Morgan fingerprint density at radius 1 is 1.53 bits per heavy atom. The van der Waals surface area contributed by atoms with Crippen molar-refractivity contribution in [1.82, 2.24) is 20.6 Å². The molecule has 0 aliphatic rings. The van der Waals surface area contributed by atoms with E-state index in [1.165, 1.54) is 19.2 Å². The fraction of sp³-hybridized carbons (Fsp3) is 0.111. The molecule has 1 amide bonds. The molecular formula is C9H8N6O4. The highest BCUT2D eigenvalue weighted by Crippen LogP contribution is 2.24. The van der Waals surface area contributed by atoms with Crippen LogP contribution in [0.4, 0.5) is 11.6 Å². The first-order valence-electron chi connectivity index (χ1n) is 4.99. The van der Waals surface area contributed by atoms with Crippen molar-refractivity contribution in [3.05, 3.63) is 33.9 Å². The van der Waals surface area contributed by atoms with Gasteiger partial charge in [-0.15, -0.1) is 0 Å². The number of methoxy groups -OCH3 is 1. The zero-order valence-electron chi connectivity index (χ0n) is 9.65. The summed E-state index contributed by atoms with van der Waals surface area (Å²) in [5.74, 6) is -0.408. The minimum atomic E-state index is -0.579. The van der Waals surface area contributed by atoms with Crippen LogP contribution in [0.5, 0.6) is 5.75 Å². The topological polar surface area (TPSA) is 136 Å². The molecule has 10 nitrogen and oxygen atoms in total. The van der Waals surface area contributed by atoms with Crippen LogP contribution >= 0.6 is 0 Å². The molecule has 1 heterocycles. The lowest BCUT2D eigenvalue weighted by Gasteiger charge is -2.07. The minimum Gasteiger partial charge on any atom is -0.496 e. The molecule has 1 aromatic carbocycles. The van der Waals surface area contributed by atoms with Gasteiger partial charge in [0.25, 0.3) is 11.6 Å². The molecule has 19 heavy (non-hydrogen) atoms. The molecule has 0 atom stereocenters. The number of carbonyl (C=O) groups excluding carboxylic acids is 1. The van der Waals surface area contributed by atoms with Gasteiger partial charge in [0, 0.05) is 6.07 Å². The minimum absolute atomic E-state index is 0.0606. The molecule has 0 radical (unpaired) electrons. The predicted molar refractivity (Wildman–Crippen MR) is 61.8 cm³/mol. The van der Waals surface area contributed by atoms with Crippen molar-refractivity contribution < 1.29 is 14.5 Å². The summed E-state index contributed by atoms with van der Waals surface area (Å²) in [6.45, 7) is 0. The van der Waals surface area contributed by atoms with Crippen LogP contribution in [0.3, 0.4) is 0 Å². The third kappa shape index (κ3) is 2.62. The number of carbonyl (C=O) groups is 1. The van der Waals surface area contributed by atoms with Crippen LogP contribution in [0.15, 0.2) is 18.2 Å². The van der Waals surface area contributed by atoms with Gasteiger partial charge in [0.1, 0.15) is 5.75 Å². The van der Waals surface area contributed by atoms with E-state index < -0.39 is 10.8 Å². The first kappa shape index (κ1) is 12.4. The van der Waals surface area contributed by atoms with Crippen molar-refractivity contribution in [1.29, 1.82) is 0 Å². The van der Waals surface area contributed by atoms with Crippen molar-refractivity contribution in [3.8, 4) is 5.75 Å². The maximum atomic E-state index is 11.9. The lowest BCUT2D eigenvalue weighted by molar-refractivity contribution is -0.384. The van der Waals surface area contributed by atoms with E-state index >= 15 is 0 Å². The second-order valence-electron chi connectivity index (χ2n) is 3.35. The smallest absolute Gasteiger partial charge is 0.273 e. The van der Waals surface area contributed by atoms with E-state index in [0.29, 0.717) is 0 Å². The molecule has 2 aromatic rings. The number of nitro groups is 1. The number of aromatic amines is 1. The number of rotatable bonds is 4. The lowest BCUT2D eigenvalue weighted by atomic mass is 10.1. The Kier molecular flexibility index (Phi) is 3.32. The van der Waals surface area contributed by atoms with Gasteiger partial charge >= 0.3 is 0 Å². The van der Waals surface area contributed by atoms with Crippen molar-refractivity contribution in [2.45, 2.75) is 0 Å². The number of ether oxygens (including phenoxy) is 1. The number of benzene rings is 1. The molecule has 0 saturated carbocycles. The number of nitrogens with one attached hydrogen (secondary N) is 2. The van der Waals surface area contributed by atoms with Crippen LogP contribution < -0.4 is 10.1 Å². The van der Waals surface area contributed by atoms with E-state index in [2.05, 4.69) is 25.9 Å². The molecule has 2 rings (SSSR count). The average molecular weight is 264 g/mol. The molecule has 0 bridgehead atoms. The summed E-state index contributed by atoms with van der Waals surface area (Å²) in [5, 5.41) is 25.4. The van der Waals surface area contributed by atoms with E-state index in [1.807, 2.05) is 0 Å². The third-order valence-corrected chi connectivity index (χ3v) is 2.22. The van der Waals surface area contributed by atoms with Crippen molar-refractivity contribution in [2.24, 2.45) is 0 Å². The number of amides is 1. The largest absolute Gasteiger partial charge is 0.496 e. The van der Waals surface area contributed by atoms with Gasteiger partial charge in [-0.3, -0.25) is 20.2 Å². The Labute approximate surface area is 105 Å². The first-order chi connectivity index (χ1) is 9.11. The summed E-state index contributed by atoms with van der Waals surface area (Å²) in [7, 11) is 1.31. The quantitative estimate of drug-likeness (QED) is 0.601. The van der Waals surface area contributed by atoms with E-state index in [-0.39, 0.29) is 22.9 Å². The monoisotopic (exact) mass is 264 g/mol. The zero-order valence-corrected chi connectivity index (χ0v) is 9.65. The molecule has 0 saturated heterocycles. The summed E-state index contributed by atoms with van der Waals surface area (Å²) in [6, 6.07) is 3.65. The summed E-state index contributed by atoms with van der Waals surface area (Å²) < 4.78 is 4.95. The maximum Gasteiger partial charge on any atom is 0.273 e. The number of tetrazole rings is 1. The molecule has 0 unspecified atom stereocenters. The fourth-order valence-corrected chi connectivity index (χ4v) is 1.37. The SMILES string of the molecule is COc1cc([N+](=O)[O-])ccc1C(=O)Nc1nnn[nH]1. The van der Waals surface area contributed by atoms with Gasteiger partial charge < -0.3 is 4.74 Å². The molecule has 2 N–H and O–H groups in total.